The second kappa shape index (κ2) is 6.93. The molecule has 0 saturated carbocycles. The van der Waals surface area contributed by atoms with Crippen molar-refractivity contribution < 1.29 is 14.3 Å². The molecule has 2 aromatic rings. The van der Waals surface area contributed by atoms with Crippen LogP contribution < -0.4 is 0 Å². The molecule has 0 bridgehead atoms. The van der Waals surface area contributed by atoms with Crippen molar-refractivity contribution in [3.8, 4) is 0 Å². The number of carbonyl (C=O) groups excluding carboxylic acids is 2. The maximum atomic E-state index is 13.1. The lowest BCUT2D eigenvalue weighted by Gasteiger charge is -2.48. The minimum Gasteiger partial charge on any atom is -0.440 e. The van der Waals surface area contributed by atoms with Gasteiger partial charge in [0.05, 0.1) is 6.54 Å². The Kier molecular flexibility index (Phi) is 4.57. The van der Waals surface area contributed by atoms with E-state index < -0.39 is 11.1 Å². The van der Waals surface area contributed by atoms with Crippen LogP contribution in [-0.4, -0.2) is 45.5 Å². The van der Waals surface area contributed by atoms with Crippen LogP contribution in [-0.2, 0) is 21.6 Å². The zero-order valence-corrected chi connectivity index (χ0v) is 16.3. The topological polar surface area (TPSA) is 62.7 Å². The highest BCUT2D eigenvalue weighted by atomic mass is 16.6. The number of pyridine rings is 1. The minimum absolute atomic E-state index is 0.0587. The van der Waals surface area contributed by atoms with E-state index in [1.54, 1.807) is 13.1 Å². The number of amides is 2. The van der Waals surface area contributed by atoms with Gasteiger partial charge in [0, 0.05) is 45.2 Å². The Morgan fingerprint density at radius 1 is 1.14 bits per heavy atom. The monoisotopic (exact) mass is 379 g/mol. The van der Waals surface area contributed by atoms with E-state index in [0.29, 0.717) is 32.5 Å². The SMILES string of the molecule is CC(=O)N1CCC2(CC1)OC(=O)N(Cc1ccccc1)C2(C)c1cccnc1. The summed E-state index contributed by atoms with van der Waals surface area (Å²) in [5.74, 6) is 0.0587. The fraction of sp³-hybridized carbons (Fsp3) is 0.409. The Bertz CT molecular complexity index is 863. The van der Waals surface area contributed by atoms with Crippen LogP contribution in [0.2, 0.25) is 0 Å². The van der Waals surface area contributed by atoms with Gasteiger partial charge in [0.15, 0.2) is 0 Å². The van der Waals surface area contributed by atoms with Gasteiger partial charge in [0.2, 0.25) is 5.91 Å². The first-order valence-corrected chi connectivity index (χ1v) is 9.67. The van der Waals surface area contributed by atoms with Crippen molar-refractivity contribution in [2.24, 2.45) is 0 Å². The predicted octanol–water partition coefficient (Wildman–Crippen LogP) is 3.33. The third-order valence-corrected chi connectivity index (χ3v) is 6.35. The Morgan fingerprint density at radius 3 is 2.46 bits per heavy atom. The molecule has 1 aromatic heterocycles. The molecular weight excluding hydrogens is 354 g/mol. The number of piperidine rings is 1. The van der Waals surface area contributed by atoms with E-state index in [1.165, 1.54) is 0 Å². The van der Waals surface area contributed by atoms with Crippen LogP contribution in [0.5, 0.6) is 0 Å². The van der Waals surface area contributed by atoms with Crippen LogP contribution >= 0.6 is 0 Å². The van der Waals surface area contributed by atoms with Crippen molar-refractivity contribution in [1.29, 1.82) is 0 Å². The van der Waals surface area contributed by atoms with Crippen molar-refractivity contribution >= 4 is 12.0 Å². The maximum Gasteiger partial charge on any atom is 0.411 e. The van der Waals surface area contributed by atoms with Gasteiger partial charge in [-0.3, -0.25) is 14.7 Å². The fourth-order valence-electron chi connectivity index (χ4n) is 4.58. The predicted molar refractivity (Wildman–Crippen MR) is 104 cm³/mol. The summed E-state index contributed by atoms with van der Waals surface area (Å²) in [6.07, 6.45) is 4.45. The number of benzene rings is 1. The normalized spacial score (nSPS) is 23.7. The van der Waals surface area contributed by atoms with E-state index in [0.717, 1.165) is 11.1 Å². The zero-order chi connectivity index (χ0) is 19.8. The van der Waals surface area contributed by atoms with Crippen LogP contribution in [0.1, 0.15) is 37.8 Å². The summed E-state index contributed by atoms with van der Waals surface area (Å²) in [7, 11) is 0. The van der Waals surface area contributed by atoms with Gasteiger partial charge in [-0.25, -0.2) is 4.79 Å². The average Bonchev–Trinajstić information content (AvgIpc) is 2.92. The second-order valence-electron chi connectivity index (χ2n) is 7.75. The van der Waals surface area contributed by atoms with Gasteiger partial charge < -0.3 is 9.64 Å². The summed E-state index contributed by atoms with van der Waals surface area (Å²) in [5, 5.41) is 0. The molecule has 0 radical (unpaired) electrons. The molecule has 3 heterocycles. The van der Waals surface area contributed by atoms with Crippen LogP contribution in [0.3, 0.4) is 0 Å². The van der Waals surface area contributed by atoms with E-state index in [-0.39, 0.29) is 12.0 Å². The molecule has 1 aromatic carbocycles. The molecule has 1 unspecified atom stereocenters. The van der Waals surface area contributed by atoms with Crippen LogP contribution in [0.15, 0.2) is 54.9 Å². The molecule has 2 saturated heterocycles. The largest absolute Gasteiger partial charge is 0.440 e. The van der Waals surface area contributed by atoms with Crippen molar-refractivity contribution in [1.82, 2.24) is 14.8 Å². The Balaban J connectivity index is 1.75. The fourth-order valence-corrected chi connectivity index (χ4v) is 4.58. The molecule has 1 spiro atoms. The Labute approximate surface area is 165 Å². The van der Waals surface area contributed by atoms with Crippen molar-refractivity contribution in [3.05, 3.63) is 66.0 Å². The van der Waals surface area contributed by atoms with Crippen molar-refractivity contribution in [2.45, 2.75) is 44.4 Å². The summed E-state index contributed by atoms with van der Waals surface area (Å²) in [4.78, 5) is 32.8. The average molecular weight is 379 g/mol. The van der Waals surface area contributed by atoms with Gasteiger partial charge in [-0.15, -0.1) is 0 Å². The standard InChI is InChI=1S/C22H25N3O3/c1-17(26)24-13-10-22(11-14-24)21(2,19-9-6-12-23-15-19)25(20(27)28-22)16-18-7-4-3-5-8-18/h3-9,12,15H,10-11,13-14,16H2,1-2H3. The number of likely N-dealkylation sites (tertiary alicyclic amines) is 1. The highest BCUT2D eigenvalue weighted by Crippen LogP contribution is 2.52. The molecular formula is C22H25N3O3. The molecule has 2 fully saturated rings. The molecule has 6 nitrogen and oxygen atoms in total. The van der Waals surface area contributed by atoms with Gasteiger partial charge in [-0.1, -0.05) is 36.4 Å². The number of hydrogen-bond acceptors (Lipinski definition) is 4. The van der Waals surface area contributed by atoms with Crippen LogP contribution in [0, 0.1) is 0 Å². The lowest BCUT2D eigenvalue weighted by molar-refractivity contribution is -0.134. The first-order chi connectivity index (χ1) is 13.5. The number of rotatable bonds is 3. The third kappa shape index (κ3) is 2.84. The maximum absolute atomic E-state index is 13.1. The molecule has 6 heteroatoms. The summed E-state index contributed by atoms with van der Waals surface area (Å²) < 4.78 is 6.09. The minimum atomic E-state index is -0.687. The first-order valence-electron chi connectivity index (χ1n) is 9.67. The van der Waals surface area contributed by atoms with Gasteiger partial charge in [-0.2, -0.15) is 0 Å². The second-order valence-corrected chi connectivity index (χ2v) is 7.75. The molecule has 0 N–H and O–H groups in total. The Morgan fingerprint density at radius 2 is 1.86 bits per heavy atom. The lowest BCUT2D eigenvalue weighted by Crippen LogP contribution is -2.58. The number of hydrogen-bond donors (Lipinski definition) is 0. The molecule has 28 heavy (non-hydrogen) atoms. The van der Waals surface area contributed by atoms with E-state index >= 15 is 0 Å². The van der Waals surface area contributed by atoms with Crippen molar-refractivity contribution in [2.75, 3.05) is 13.1 Å². The van der Waals surface area contributed by atoms with Crippen LogP contribution in [0.4, 0.5) is 4.79 Å². The number of ether oxygens (including phenoxy) is 1. The van der Waals surface area contributed by atoms with Crippen LogP contribution in [0.25, 0.3) is 0 Å². The van der Waals surface area contributed by atoms with E-state index in [2.05, 4.69) is 11.9 Å². The highest BCUT2D eigenvalue weighted by Gasteiger charge is 2.63. The molecule has 0 aliphatic carbocycles. The molecule has 2 amide bonds. The number of nitrogens with zero attached hydrogens (tertiary/aromatic N) is 3. The van der Waals surface area contributed by atoms with Crippen molar-refractivity contribution in [3.63, 3.8) is 0 Å². The highest BCUT2D eigenvalue weighted by molar-refractivity contribution is 5.75. The van der Waals surface area contributed by atoms with Gasteiger partial charge in [-0.05, 0) is 24.1 Å². The number of carbonyl (C=O) groups is 2. The quantitative estimate of drug-likeness (QED) is 0.821. The van der Waals surface area contributed by atoms with E-state index in [9.17, 15) is 9.59 Å². The first kappa shape index (κ1) is 18.5. The van der Waals surface area contributed by atoms with Gasteiger partial charge in [0.25, 0.3) is 0 Å². The lowest BCUT2D eigenvalue weighted by atomic mass is 9.70. The summed E-state index contributed by atoms with van der Waals surface area (Å²) in [5.41, 5.74) is 0.645. The smallest absolute Gasteiger partial charge is 0.411 e. The van der Waals surface area contributed by atoms with E-state index in [4.69, 9.17) is 4.74 Å². The zero-order valence-electron chi connectivity index (χ0n) is 16.3. The van der Waals surface area contributed by atoms with E-state index in [1.807, 2.05) is 58.5 Å². The molecule has 2 aliphatic heterocycles. The Hall–Kier alpha value is -2.89. The third-order valence-electron chi connectivity index (χ3n) is 6.35. The summed E-state index contributed by atoms with van der Waals surface area (Å²) in [6.45, 7) is 5.28. The number of aromatic nitrogens is 1. The molecule has 1 atom stereocenters. The van der Waals surface area contributed by atoms with Gasteiger partial charge >= 0.3 is 6.09 Å². The molecule has 2 aliphatic rings. The summed E-state index contributed by atoms with van der Waals surface area (Å²) in [6, 6.07) is 13.8. The molecule has 146 valence electrons. The van der Waals surface area contributed by atoms with Gasteiger partial charge in [0.1, 0.15) is 11.1 Å². The molecule has 4 rings (SSSR count). The summed E-state index contributed by atoms with van der Waals surface area (Å²) >= 11 is 0.